The molecule has 0 bridgehead atoms. The summed E-state index contributed by atoms with van der Waals surface area (Å²) >= 11 is 0. The molecule has 4 heteroatoms. The summed E-state index contributed by atoms with van der Waals surface area (Å²) in [4.78, 5) is 11.6. The predicted octanol–water partition coefficient (Wildman–Crippen LogP) is 3.95. The molecule has 2 atom stereocenters. The lowest BCUT2D eigenvalue weighted by Gasteiger charge is -2.32. The second-order valence-electron chi connectivity index (χ2n) is 6.73. The molecule has 0 saturated heterocycles. The van der Waals surface area contributed by atoms with Crippen LogP contribution in [0.5, 0.6) is 11.5 Å². The fourth-order valence-corrected chi connectivity index (χ4v) is 2.64. The number of carboxylic acids is 1. The molecule has 0 spiro atoms. The number of carbonyl (C=O) groups is 1. The fraction of sp³-hybridized carbons (Fsp3) is 0.316. The molecule has 120 valence electrons. The van der Waals surface area contributed by atoms with Crippen LogP contribution in [-0.2, 0) is 10.2 Å². The molecule has 23 heavy (non-hydrogen) atoms. The van der Waals surface area contributed by atoms with E-state index >= 15 is 0 Å². The molecule has 2 aromatic carbocycles. The van der Waals surface area contributed by atoms with Crippen LogP contribution in [-0.4, -0.2) is 17.2 Å². The van der Waals surface area contributed by atoms with Gasteiger partial charge in [-0.3, -0.25) is 0 Å². The number of para-hydroxylation sites is 2. The maximum absolute atomic E-state index is 11.6. The lowest BCUT2D eigenvalue weighted by Crippen LogP contribution is -2.39. The van der Waals surface area contributed by atoms with Crippen LogP contribution in [0.25, 0.3) is 0 Å². The summed E-state index contributed by atoms with van der Waals surface area (Å²) in [5.74, 6) is -0.0123. The van der Waals surface area contributed by atoms with E-state index < -0.39 is 18.2 Å². The Balaban J connectivity index is 1.95. The zero-order chi connectivity index (χ0) is 16.6. The Kier molecular flexibility index (Phi) is 3.76. The van der Waals surface area contributed by atoms with Crippen molar-refractivity contribution in [2.45, 2.75) is 38.4 Å². The molecule has 1 aliphatic rings. The molecular formula is C19H20O4. The second-order valence-corrected chi connectivity index (χ2v) is 6.73. The molecule has 0 aliphatic carbocycles. The predicted molar refractivity (Wildman–Crippen MR) is 87.0 cm³/mol. The number of benzene rings is 2. The highest BCUT2D eigenvalue weighted by Crippen LogP contribution is 2.39. The number of hydrogen-bond acceptors (Lipinski definition) is 3. The van der Waals surface area contributed by atoms with Gasteiger partial charge in [-0.1, -0.05) is 57.2 Å². The Morgan fingerprint density at radius 3 is 2.04 bits per heavy atom. The van der Waals surface area contributed by atoms with Crippen molar-refractivity contribution in [1.29, 1.82) is 0 Å². The van der Waals surface area contributed by atoms with E-state index in [0.29, 0.717) is 11.5 Å². The molecule has 0 amide bonds. The Labute approximate surface area is 135 Å². The van der Waals surface area contributed by atoms with Crippen molar-refractivity contribution >= 4 is 5.97 Å². The van der Waals surface area contributed by atoms with Gasteiger partial charge in [0.1, 0.15) is 0 Å². The number of aliphatic carboxylic acids is 1. The molecule has 0 aromatic heterocycles. The third-order valence-corrected chi connectivity index (χ3v) is 3.98. The van der Waals surface area contributed by atoms with Gasteiger partial charge >= 0.3 is 5.97 Å². The number of ether oxygens (including phenoxy) is 2. The quantitative estimate of drug-likeness (QED) is 0.912. The van der Waals surface area contributed by atoms with Crippen molar-refractivity contribution in [1.82, 2.24) is 0 Å². The van der Waals surface area contributed by atoms with Crippen LogP contribution < -0.4 is 9.47 Å². The van der Waals surface area contributed by atoms with Gasteiger partial charge in [-0.2, -0.15) is 0 Å². The highest BCUT2D eigenvalue weighted by molar-refractivity contribution is 5.75. The Hall–Kier alpha value is -2.49. The number of rotatable bonds is 2. The Bertz CT molecular complexity index is 713. The first-order valence-electron chi connectivity index (χ1n) is 7.62. The maximum Gasteiger partial charge on any atom is 0.349 e. The normalized spacial score (nSPS) is 20.1. The molecule has 2 unspecified atom stereocenters. The summed E-state index contributed by atoms with van der Waals surface area (Å²) in [7, 11) is 0. The number of hydrogen-bond donors (Lipinski definition) is 1. The first-order chi connectivity index (χ1) is 10.9. The number of fused-ring (bicyclic) bond motifs is 1. The highest BCUT2D eigenvalue weighted by atomic mass is 16.6. The van der Waals surface area contributed by atoms with Gasteiger partial charge in [0.15, 0.2) is 17.6 Å². The van der Waals surface area contributed by atoms with Crippen molar-refractivity contribution in [2.24, 2.45) is 0 Å². The van der Waals surface area contributed by atoms with E-state index in [1.165, 1.54) is 5.56 Å². The van der Waals surface area contributed by atoms with Gasteiger partial charge in [0.2, 0.25) is 6.10 Å². The molecule has 0 radical (unpaired) electrons. The van der Waals surface area contributed by atoms with Gasteiger partial charge in [0, 0.05) is 0 Å². The minimum absolute atomic E-state index is 0.0429. The van der Waals surface area contributed by atoms with Gasteiger partial charge < -0.3 is 14.6 Å². The van der Waals surface area contributed by atoms with Crippen LogP contribution >= 0.6 is 0 Å². The molecule has 1 N–H and O–H groups in total. The summed E-state index contributed by atoms with van der Waals surface area (Å²) in [6, 6.07) is 15.0. The third kappa shape index (κ3) is 3.02. The van der Waals surface area contributed by atoms with Crippen LogP contribution in [0, 0.1) is 0 Å². The molecule has 3 rings (SSSR count). The molecule has 1 aliphatic heterocycles. The van der Waals surface area contributed by atoms with E-state index in [2.05, 4.69) is 20.8 Å². The van der Waals surface area contributed by atoms with Crippen molar-refractivity contribution in [3.05, 3.63) is 59.7 Å². The summed E-state index contributed by atoms with van der Waals surface area (Å²) in [5, 5.41) is 9.47. The SMILES string of the molecule is CC(C)(C)c1ccc(C2Oc3ccccc3OC2C(=O)O)cc1. The molecule has 4 nitrogen and oxygen atoms in total. The second kappa shape index (κ2) is 5.61. The molecule has 0 saturated carbocycles. The minimum Gasteiger partial charge on any atom is -0.478 e. The van der Waals surface area contributed by atoms with E-state index in [0.717, 1.165) is 5.56 Å². The van der Waals surface area contributed by atoms with E-state index in [4.69, 9.17) is 9.47 Å². The van der Waals surface area contributed by atoms with Crippen molar-refractivity contribution in [3.63, 3.8) is 0 Å². The molecule has 0 fully saturated rings. The van der Waals surface area contributed by atoms with E-state index in [1.54, 1.807) is 18.2 Å². The first kappa shape index (κ1) is 15.4. The van der Waals surface area contributed by atoms with Crippen LogP contribution in [0.15, 0.2) is 48.5 Å². The summed E-state index contributed by atoms with van der Waals surface area (Å²) in [5.41, 5.74) is 2.02. The van der Waals surface area contributed by atoms with Gasteiger partial charge in [-0.15, -0.1) is 0 Å². The molecule has 1 heterocycles. The summed E-state index contributed by atoms with van der Waals surface area (Å²) in [6.07, 6.45) is -1.73. The van der Waals surface area contributed by atoms with E-state index in [9.17, 15) is 9.90 Å². The van der Waals surface area contributed by atoms with Crippen LogP contribution in [0.3, 0.4) is 0 Å². The van der Waals surface area contributed by atoms with Crippen LogP contribution in [0.1, 0.15) is 38.0 Å². The lowest BCUT2D eigenvalue weighted by atomic mass is 9.86. The summed E-state index contributed by atoms with van der Waals surface area (Å²) in [6.45, 7) is 6.41. The largest absolute Gasteiger partial charge is 0.478 e. The lowest BCUT2D eigenvalue weighted by molar-refractivity contribution is -0.151. The zero-order valence-corrected chi connectivity index (χ0v) is 13.4. The smallest absolute Gasteiger partial charge is 0.349 e. The average Bonchev–Trinajstić information content (AvgIpc) is 2.53. The van der Waals surface area contributed by atoms with E-state index in [-0.39, 0.29) is 5.41 Å². The Morgan fingerprint density at radius 2 is 1.52 bits per heavy atom. The highest BCUT2D eigenvalue weighted by Gasteiger charge is 2.38. The molecular weight excluding hydrogens is 292 g/mol. The standard InChI is InChI=1S/C19H20O4/c1-19(2,3)13-10-8-12(9-11-13)16-17(18(20)21)23-15-7-5-4-6-14(15)22-16/h4-11,16-17H,1-3H3,(H,20,21). The monoisotopic (exact) mass is 312 g/mol. The maximum atomic E-state index is 11.6. The summed E-state index contributed by atoms with van der Waals surface area (Å²) < 4.78 is 11.5. The van der Waals surface area contributed by atoms with Gasteiger partial charge in [-0.05, 0) is 28.7 Å². The molecule has 2 aromatic rings. The first-order valence-corrected chi connectivity index (χ1v) is 7.62. The zero-order valence-electron chi connectivity index (χ0n) is 13.4. The van der Waals surface area contributed by atoms with Crippen molar-refractivity contribution < 1.29 is 19.4 Å². The van der Waals surface area contributed by atoms with Gasteiger partial charge in [0.25, 0.3) is 0 Å². The van der Waals surface area contributed by atoms with Crippen LogP contribution in [0.4, 0.5) is 0 Å². The Morgan fingerprint density at radius 1 is 0.957 bits per heavy atom. The average molecular weight is 312 g/mol. The van der Waals surface area contributed by atoms with Crippen molar-refractivity contribution in [3.8, 4) is 11.5 Å². The minimum atomic E-state index is -1.06. The van der Waals surface area contributed by atoms with Gasteiger partial charge in [-0.25, -0.2) is 4.79 Å². The third-order valence-electron chi connectivity index (χ3n) is 3.98. The van der Waals surface area contributed by atoms with Gasteiger partial charge in [0.05, 0.1) is 0 Å². The fourth-order valence-electron chi connectivity index (χ4n) is 2.64. The number of carboxylic acid groups (broad SMARTS) is 1. The van der Waals surface area contributed by atoms with E-state index in [1.807, 2.05) is 30.3 Å². The van der Waals surface area contributed by atoms with Crippen molar-refractivity contribution in [2.75, 3.05) is 0 Å². The topological polar surface area (TPSA) is 55.8 Å². The van der Waals surface area contributed by atoms with Crippen LogP contribution in [0.2, 0.25) is 0 Å².